The first kappa shape index (κ1) is 14.9. The fourth-order valence-electron chi connectivity index (χ4n) is 1.82. The molecule has 102 valence electrons. The third-order valence-electron chi connectivity index (χ3n) is 2.86. The monoisotopic (exact) mass is 271 g/mol. The van der Waals surface area contributed by atoms with Gasteiger partial charge in [-0.1, -0.05) is 13.8 Å². The van der Waals surface area contributed by atoms with E-state index in [-0.39, 0.29) is 16.8 Å². The summed E-state index contributed by atoms with van der Waals surface area (Å²) in [6.07, 6.45) is 2.23. The molecule has 2 N–H and O–H groups in total. The largest absolute Gasteiger partial charge is 0.396 e. The molecule has 0 saturated carbocycles. The van der Waals surface area contributed by atoms with Crippen molar-refractivity contribution < 1.29 is 8.42 Å². The SMILES string of the molecule is CC(C)CC(C)N(C)S(=O)(=O)c1ncccc1N. The second kappa shape index (κ2) is 5.67. The molecule has 0 spiro atoms. The number of pyridine rings is 1. The lowest BCUT2D eigenvalue weighted by Crippen LogP contribution is -2.36. The third kappa shape index (κ3) is 3.20. The van der Waals surface area contributed by atoms with E-state index in [2.05, 4.69) is 18.8 Å². The second-order valence-electron chi connectivity index (χ2n) is 4.90. The first-order valence-corrected chi connectivity index (χ1v) is 7.39. The van der Waals surface area contributed by atoms with Crippen molar-refractivity contribution in [1.82, 2.24) is 9.29 Å². The summed E-state index contributed by atoms with van der Waals surface area (Å²) in [5, 5.41) is -0.0666. The second-order valence-corrected chi connectivity index (χ2v) is 6.81. The summed E-state index contributed by atoms with van der Waals surface area (Å²) in [5.74, 6) is 0.429. The molecule has 0 bridgehead atoms. The lowest BCUT2D eigenvalue weighted by atomic mass is 10.1. The molecule has 1 unspecified atom stereocenters. The fourth-order valence-corrected chi connectivity index (χ4v) is 3.22. The molecule has 1 aromatic rings. The first-order valence-electron chi connectivity index (χ1n) is 5.95. The Labute approximate surface area is 109 Å². The van der Waals surface area contributed by atoms with Gasteiger partial charge in [0.2, 0.25) is 0 Å². The molecule has 0 aliphatic rings. The molecule has 0 saturated heterocycles. The lowest BCUT2D eigenvalue weighted by Gasteiger charge is -2.25. The zero-order valence-electron chi connectivity index (χ0n) is 11.3. The number of nitrogen functional groups attached to an aromatic ring is 1. The van der Waals surface area contributed by atoms with Crippen LogP contribution in [0.3, 0.4) is 0 Å². The van der Waals surface area contributed by atoms with Gasteiger partial charge < -0.3 is 5.73 Å². The van der Waals surface area contributed by atoms with Crippen LogP contribution in [0, 0.1) is 5.92 Å². The summed E-state index contributed by atoms with van der Waals surface area (Å²) in [5.41, 5.74) is 5.86. The molecule has 0 amide bonds. The number of nitrogens with zero attached hydrogens (tertiary/aromatic N) is 2. The van der Waals surface area contributed by atoms with Gasteiger partial charge in [0, 0.05) is 19.3 Å². The minimum atomic E-state index is -3.62. The highest BCUT2D eigenvalue weighted by Gasteiger charge is 2.28. The molecule has 0 aromatic carbocycles. The molecular formula is C12H21N3O2S. The first-order chi connectivity index (χ1) is 8.26. The molecule has 0 fully saturated rings. The van der Waals surface area contributed by atoms with Crippen LogP contribution >= 0.6 is 0 Å². The van der Waals surface area contributed by atoms with Gasteiger partial charge in [-0.2, -0.15) is 4.31 Å². The molecule has 6 heteroatoms. The molecule has 0 aliphatic carbocycles. The average molecular weight is 271 g/mol. The van der Waals surface area contributed by atoms with Crippen LogP contribution in [0.15, 0.2) is 23.4 Å². The van der Waals surface area contributed by atoms with E-state index in [0.717, 1.165) is 6.42 Å². The van der Waals surface area contributed by atoms with E-state index in [1.165, 1.54) is 10.5 Å². The van der Waals surface area contributed by atoms with Crippen molar-refractivity contribution in [3.63, 3.8) is 0 Å². The van der Waals surface area contributed by atoms with E-state index in [0.29, 0.717) is 5.92 Å². The Balaban J connectivity index is 3.04. The summed E-state index contributed by atoms with van der Waals surface area (Å²) in [4.78, 5) is 3.88. The van der Waals surface area contributed by atoms with E-state index < -0.39 is 10.0 Å². The molecule has 18 heavy (non-hydrogen) atoms. The van der Waals surface area contributed by atoms with Crippen LogP contribution in [0.2, 0.25) is 0 Å². The third-order valence-corrected chi connectivity index (χ3v) is 4.81. The van der Waals surface area contributed by atoms with Crippen molar-refractivity contribution in [2.24, 2.45) is 5.92 Å². The van der Waals surface area contributed by atoms with Crippen molar-refractivity contribution >= 4 is 15.7 Å². The highest BCUT2D eigenvalue weighted by molar-refractivity contribution is 7.89. The van der Waals surface area contributed by atoms with E-state index >= 15 is 0 Å². The zero-order chi connectivity index (χ0) is 13.9. The van der Waals surface area contributed by atoms with Gasteiger partial charge in [-0.3, -0.25) is 0 Å². The number of aromatic nitrogens is 1. The van der Waals surface area contributed by atoms with Gasteiger partial charge in [-0.05, 0) is 31.4 Å². The minimum Gasteiger partial charge on any atom is -0.396 e. The summed E-state index contributed by atoms with van der Waals surface area (Å²) in [6, 6.07) is 3.07. The molecule has 5 nitrogen and oxygen atoms in total. The summed E-state index contributed by atoms with van der Waals surface area (Å²) >= 11 is 0. The van der Waals surface area contributed by atoms with Gasteiger partial charge in [0.05, 0.1) is 5.69 Å². The Kier molecular flexibility index (Phi) is 4.70. The number of nitrogens with two attached hydrogens (primary N) is 1. The van der Waals surface area contributed by atoms with Crippen molar-refractivity contribution in [2.75, 3.05) is 12.8 Å². The van der Waals surface area contributed by atoms with Gasteiger partial charge >= 0.3 is 0 Å². The molecule has 1 heterocycles. The molecule has 1 aromatic heterocycles. The number of anilines is 1. The zero-order valence-corrected chi connectivity index (χ0v) is 12.1. The van der Waals surface area contributed by atoms with Gasteiger partial charge in [0.15, 0.2) is 5.03 Å². The number of hydrogen-bond acceptors (Lipinski definition) is 4. The molecule has 1 rings (SSSR count). The smallest absolute Gasteiger partial charge is 0.262 e. The normalized spacial score (nSPS) is 14.1. The average Bonchev–Trinajstić information content (AvgIpc) is 2.27. The van der Waals surface area contributed by atoms with Crippen molar-refractivity contribution in [3.05, 3.63) is 18.3 Å². The highest BCUT2D eigenvalue weighted by Crippen LogP contribution is 2.22. The quantitative estimate of drug-likeness (QED) is 0.884. The summed E-state index contributed by atoms with van der Waals surface area (Å²) in [6.45, 7) is 6.01. The van der Waals surface area contributed by atoms with Crippen LogP contribution in [0.25, 0.3) is 0 Å². The van der Waals surface area contributed by atoms with Crippen molar-refractivity contribution in [2.45, 2.75) is 38.3 Å². The van der Waals surface area contributed by atoms with Crippen LogP contribution in [-0.2, 0) is 10.0 Å². The van der Waals surface area contributed by atoms with E-state index in [1.54, 1.807) is 19.2 Å². The number of sulfonamides is 1. The van der Waals surface area contributed by atoms with E-state index in [1.807, 2.05) is 6.92 Å². The van der Waals surface area contributed by atoms with Crippen LogP contribution < -0.4 is 5.73 Å². The maximum Gasteiger partial charge on any atom is 0.262 e. The van der Waals surface area contributed by atoms with Crippen molar-refractivity contribution in [1.29, 1.82) is 0 Å². The van der Waals surface area contributed by atoms with E-state index in [9.17, 15) is 8.42 Å². The molecule has 0 aliphatic heterocycles. The van der Waals surface area contributed by atoms with Crippen molar-refractivity contribution in [3.8, 4) is 0 Å². The Morgan fingerprint density at radius 1 is 1.39 bits per heavy atom. The van der Waals surface area contributed by atoms with Crippen LogP contribution in [0.1, 0.15) is 27.2 Å². The van der Waals surface area contributed by atoms with Crippen LogP contribution in [-0.4, -0.2) is 30.8 Å². The van der Waals surface area contributed by atoms with Crippen LogP contribution in [0.4, 0.5) is 5.69 Å². The summed E-state index contributed by atoms with van der Waals surface area (Å²) in [7, 11) is -2.05. The summed E-state index contributed by atoms with van der Waals surface area (Å²) < 4.78 is 26.1. The Bertz CT molecular complexity index is 500. The maximum absolute atomic E-state index is 12.4. The minimum absolute atomic E-state index is 0.0666. The molecular weight excluding hydrogens is 250 g/mol. The van der Waals surface area contributed by atoms with Gasteiger partial charge in [-0.25, -0.2) is 13.4 Å². The highest BCUT2D eigenvalue weighted by atomic mass is 32.2. The Hall–Kier alpha value is -1.14. The molecule has 1 atom stereocenters. The Morgan fingerprint density at radius 3 is 2.50 bits per heavy atom. The standard InChI is InChI=1S/C12H21N3O2S/c1-9(2)8-10(3)15(4)18(16,17)12-11(13)6-5-7-14-12/h5-7,9-10H,8,13H2,1-4H3. The Morgan fingerprint density at radius 2 is 2.00 bits per heavy atom. The van der Waals surface area contributed by atoms with Gasteiger partial charge in [0.1, 0.15) is 0 Å². The predicted molar refractivity (Wildman–Crippen MR) is 72.5 cm³/mol. The lowest BCUT2D eigenvalue weighted by molar-refractivity contribution is 0.337. The topological polar surface area (TPSA) is 76.3 Å². The number of rotatable bonds is 5. The van der Waals surface area contributed by atoms with Gasteiger partial charge in [0.25, 0.3) is 10.0 Å². The molecule has 0 radical (unpaired) electrons. The van der Waals surface area contributed by atoms with Gasteiger partial charge in [-0.15, -0.1) is 0 Å². The number of hydrogen-bond donors (Lipinski definition) is 1. The van der Waals surface area contributed by atoms with E-state index in [4.69, 9.17) is 5.73 Å². The predicted octanol–water partition coefficient (Wildman–Crippen LogP) is 1.72. The van der Waals surface area contributed by atoms with Crippen LogP contribution in [0.5, 0.6) is 0 Å². The fraction of sp³-hybridized carbons (Fsp3) is 0.583. The maximum atomic E-state index is 12.4.